The first-order valence-corrected chi connectivity index (χ1v) is 6.80. The minimum Gasteiger partial charge on any atom is -0.383 e. The standard InChI is InChI=1S/C13H26N2O/c1-3-15-10-6-7-12(15)13(11-16-2)8-4-5-9-14-13/h12,14H,3-11H2,1-2H3. The zero-order valence-corrected chi connectivity index (χ0v) is 10.8. The first kappa shape index (κ1) is 12.3. The Labute approximate surface area is 99.5 Å². The predicted molar refractivity (Wildman–Crippen MR) is 66.7 cm³/mol. The molecule has 2 unspecified atom stereocenters. The molecule has 0 aromatic heterocycles. The SMILES string of the molecule is CCN1CCCC1C1(COC)CCCCN1. The highest BCUT2D eigenvalue weighted by Gasteiger charge is 2.44. The van der Waals surface area contributed by atoms with Crippen LogP contribution in [0.2, 0.25) is 0 Å². The molecular weight excluding hydrogens is 200 g/mol. The lowest BCUT2D eigenvalue weighted by atomic mass is 9.81. The Balaban J connectivity index is 2.10. The molecule has 2 saturated heterocycles. The first-order valence-electron chi connectivity index (χ1n) is 6.80. The fourth-order valence-corrected chi connectivity index (χ4v) is 3.58. The van der Waals surface area contributed by atoms with Gasteiger partial charge >= 0.3 is 0 Å². The van der Waals surface area contributed by atoms with Crippen molar-refractivity contribution in [3.63, 3.8) is 0 Å². The summed E-state index contributed by atoms with van der Waals surface area (Å²) in [5, 5.41) is 3.77. The van der Waals surface area contributed by atoms with Crippen LogP contribution in [0, 0.1) is 0 Å². The van der Waals surface area contributed by atoms with Crippen molar-refractivity contribution in [1.82, 2.24) is 10.2 Å². The fraction of sp³-hybridized carbons (Fsp3) is 1.00. The second-order valence-electron chi connectivity index (χ2n) is 5.26. The number of hydrogen-bond donors (Lipinski definition) is 1. The average molecular weight is 226 g/mol. The van der Waals surface area contributed by atoms with Crippen LogP contribution in [0.5, 0.6) is 0 Å². The zero-order chi connectivity index (χ0) is 11.4. The van der Waals surface area contributed by atoms with E-state index in [1.165, 1.54) is 45.2 Å². The number of likely N-dealkylation sites (N-methyl/N-ethyl adjacent to an activating group) is 1. The molecule has 3 nitrogen and oxygen atoms in total. The molecular formula is C13H26N2O. The Kier molecular flexibility index (Phi) is 4.22. The molecule has 1 N–H and O–H groups in total. The number of nitrogens with one attached hydrogen (secondary N) is 1. The van der Waals surface area contributed by atoms with Crippen molar-refractivity contribution in [1.29, 1.82) is 0 Å². The molecule has 2 atom stereocenters. The van der Waals surface area contributed by atoms with Crippen molar-refractivity contribution in [2.24, 2.45) is 0 Å². The van der Waals surface area contributed by atoms with E-state index in [2.05, 4.69) is 17.1 Å². The lowest BCUT2D eigenvalue weighted by molar-refractivity contribution is 0.0304. The van der Waals surface area contributed by atoms with Crippen LogP contribution in [-0.4, -0.2) is 49.8 Å². The van der Waals surface area contributed by atoms with Crippen molar-refractivity contribution in [3.05, 3.63) is 0 Å². The van der Waals surface area contributed by atoms with Crippen LogP contribution in [0.4, 0.5) is 0 Å². The van der Waals surface area contributed by atoms with E-state index in [1.807, 2.05) is 7.11 Å². The number of ether oxygens (including phenoxy) is 1. The molecule has 0 saturated carbocycles. The predicted octanol–water partition coefficient (Wildman–Crippen LogP) is 1.63. The molecule has 2 aliphatic rings. The van der Waals surface area contributed by atoms with Gasteiger partial charge in [-0.3, -0.25) is 4.90 Å². The van der Waals surface area contributed by atoms with Gasteiger partial charge in [-0.15, -0.1) is 0 Å². The van der Waals surface area contributed by atoms with Crippen LogP contribution in [0.25, 0.3) is 0 Å². The second-order valence-corrected chi connectivity index (χ2v) is 5.26. The summed E-state index contributed by atoms with van der Waals surface area (Å²) in [5.41, 5.74) is 0.236. The lowest BCUT2D eigenvalue weighted by Gasteiger charge is -2.46. The van der Waals surface area contributed by atoms with Crippen LogP contribution < -0.4 is 5.32 Å². The quantitative estimate of drug-likeness (QED) is 0.788. The van der Waals surface area contributed by atoms with Crippen molar-refractivity contribution in [2.45, 2.75) is 50.6 Å². The third-order valence-electron chi connectivity index (χ3n) is 4.34. The number of hydrogen-bond acceptors (Lipinski definition) is 3. The monoisotopic (exact) mass is 226 g/mol. The first-order chi connectivity index (χ1) is 7.82. The number of methoxy groups -OCH3 is 1. The van der Waals surface area contributed by atoms with Gasteiger partial charge in [-0.25, -0.2) is 0 Å². The Morgan fingerprint density at radius 1 is 1.38 bits per heavy atom. The van der Waals surface area contributed by atoms with E-state index < -0.39 is 0 Å². The summed E-state index contributed by atoms with van der Waals surface area (Å²) >= 11 is 0. The largest absolute Gasteiger partial charge is 0.383 e. The van der Waals surface area contributed by atoms with E-state index in [-0.39, 0.29) is 5.54 Å². The molecule has 2 rings (SSSR count). The summed E-state index contributed by atoms with van der Waals surface area (Å²) < 4.78 is 5.50. The zero-order valence-electron chi connectivity index (χ0n) is 10.8. The average Bonchev–Trinajstić information content (AvgIpc) is 2.79. The van der Waals surface area contributed by atoms with Crippen LogP contribution in [0.15, 0.2) is 0 Å². The van der Waals surface area contributed by atoms with Crippen molar-refractivity contribution < 1.29 is 4.74 Å². The summed E-state index contributed by atoms with van der Waals surface area (Å²) in [7, 11) is 1.84. The molecule has 0 spiro atoms. The van der Waals surface area contributed by atoms with Gasteiger partial charge < -0.3 is 10.1 Å². The molecule has 0 aromatic carbocycles. The van der Waals surface area contributed by atoms with Crippen molar-refractivity contribution >= 4 is 0 Å². The highest BCUT2D eigenvalue weighted by molar-refractivity contribution is 5.03. The summed E-state index contributed by atoms with van der Waals surface area (Å²) in [5.74, 6) is 0. The summed E-state index contributed by atoms with van der Waals surface area (Å²) in [6.45, 7) is 6.76. The molecule has 2 aliphatic heterocycles. The Bertz CT molecular complexity index is 208. The van der Waals surface area contributed by atoms with Gasteiger partial charge in [-0.05, 0) is 45.3 Å². The molecule has 0 bridgehead atoms. The van der Waals surface area contributed by atoms with Gasteiger partial charge in [0.2, 0.25) is 0 Å². The molecule has 94 valence electrons. The molecule has 16 heavy (non-hydrogen) atoms. The van der Waals surface area contributed by atoms with E-state index in [0.717, 1.165) is 13.2 Å². The number of likely N-dealkylation sites (tertiary alicyclic amines) is 1. The third-order valence-corrected chi connectivity index (χ3v) is 4.34. The van der Waals surface area contributed by atoms with Gasteiger partial charge in [0.05, 0.1) is 12.1 Å². The maximum absolute atomic E-state index is 5.50. The Morgan fingerprint density at radius 2 is 2.25 bits per heavy atom. The normalized spacial score (nSPS) is 36.8. The molecule has 0 radical (unpaired) electrons. The minimum atomic E-state index is 0.236. The van der Waals surface area contributed by atoms with E-state index in [0.29, 0.717) is 6.04 Å². The van der Waals surface area contributed by atoms with Crippen LogP contribution in [0.1, 0.15) is 39.0 Å². The summed E-state index contributed by atoms with van der Waals surface area (Å²) in [6, 6.07) is 0.692. The molecule has 0 aliphatic carbocycles. The highest BCUT2D eigenvalue weighted by Crippen LogP contribution is 2.33. The number of nitrogens with zero attached hydrogens (tertiary/aromatic N) is 1. The van der Waals surface area contributed by atoms with Gasteiger partial charge in [0.15, 0.2) is 0 Å². The number of piperidine rings is 1. The van der Waals surface area contributed by atoms with E-state index >= 15 is 0 Å². The molecule has 2 heterocycles. The van der Waals surface area contributed by atoms with E-state index in [1.54, 1.807) is 0 Å². The highest BCUT2D eigenvalue weighted by atomic mass is 16.5. The van der Waals surface area contributed by atoms with Crippen LogP contribution in [0.3, 0.4) is 0 Å². The van der Waals surface area contributed by atoms with Gasteiger partial charge in [-0.1, -0.05) is 13.3 Å². The molecule has 3 heteroatoms. The third kappa shape index (κ3) is 2.27. The Hall–Kier alpha value is -0.120. The fourth-order valence-electron chi connectivity index (χ4n) is 3.58. The van der Waals surface area contributed by atoms with E-state index in [9.17, 15) is 0 Å². The number of rotatable bonds is 4. The van der Waals surface area contributed by atoms with E-state index in [4.69, 9.17) is 4.74 Å². The molecule has 0 aromatic rings. The van der Waals surface area contributed by atoms with Gasteiger partial charge in [-0.2, -0.15) is 0 Å². The maximum Gasteiger partial charge on any atom is 0.0659 e. The van der Waals surface area contributed by atoms with Gasteiger partial charge in [0.1, 0.15) is 0 Å². The maximum atomic E-state index is 5.50. The smallest absolute Gasteiger partial charge is 0.0659 e. The van der Waals surface area contributed by atoms with Gasteiger partial charge in [0.25, 0.3) is 0 Å². The van der Waals surface area contributed by atoms with Crippen LogP contribution >= 0.6 is 0 Å². The second kappa shape index (κ2) is 5.48. The van der Waals surface area contributed by atoms with Gasteiger partial charge in [0, 0.05) is 13.2 Å². The van der Waals surface area contributed by atoms with Crippen molar-refractivity contribution in [3.8, 4) is 0 Å². The summed E-state index contributed by atoms with van der Waals surface area (Å²) in [4.78, 5) is 2.64. The minimum absolute atomic E-state index is 0.236. The van der Waals surface area contributed by atoms with Crippen LogP contribution in [-0.2, 0) is 4.74 Å². The summed E-state index contributed by atoms with van der Waals surface area (Å²) in [6.07, 6.45) is 6.65. The topological polar surface area (TPSA) is 24.5 Å². The van der Waals surface area contributed by atoms with Crippen molar-refractivity contribution in [2.75, 3.05) is 33.4 Å². The molecule has 0 amide bonds. The molecule has 2 fully saturated rings. The lowest BCUT2D eigenvalue weighted by Crippen LogP contribution is -2.63. The Morgan fingerprint density at radius 3 is 2.88 bits per heavy atom.